The molecule has 0 amide bonds. The van der Waals surface area contributed by atoms with Crippen LogP contribution >= 0.6 is 0 Å². The number of epoxide rings is 1. The quantitative estimate of drug-likeness (QED) is 0.346. The van der Waals surface area contributed by atoms with Gasteiger partial charge in [0.25, 0.3) is 0 Å². The van der Waals surface area contributed by atoms with Crippen molar-refractivity contribution in [2.45, 2.75) is 50.1 Å². The van der Waals surface area contributed by atoms with Crippen molar-refractivity contribution in [2.75, 3.05) is 6.61 Å². The summed E-state index contributed by atoms with van der Waals surface area (Å²) in [6.07, 6.45) is 0.772. The molecule has 2 fully saturated rings. The van der Waals surface area contributed by atoms with Gasteiger partial charge in [-0.05, 0) is 37.8 Å². The van der Waals surface area contributed by atoms with E-state index in [1.165, 1.54) is 13.0 Å². The molecular formula is C19H22O7. The van der Waals surface area contributed by atoms with E-state index >= 15 is 0 Å². The van der Waals surface area contributed by atoms with E-state index in [2.05, 4.69) is 13.2 Å². The van der Waals surface area contributed by atoms with E-state index in [0.29, 0.717) is 37.7 Å². The highest BCUT2D eigenvalue weighted by Gasteiger charge is 2.60. The largest absolute Gasteiger partial charge is 0.455 e. The molecule has 7 nitrogen and oxygen atoms in total. The van der Waals surface area contributed by atoms with Crippen LogP contribution in [0.4, 0.5) is 0 Å². The number of carbonyl (C=O) groups is 3. The standard InChI is InChI=1S/C19H22O7/c1-10(2)17(22)25-13-7-12(8-20)5-4-6-19(9-24-19)16(21)15-14(13)11(3)18(23)26-15/h7-8,13-16,21H,1,3-6,9H2,2H3. The molecule has 1 spiro atoms. The minimum atomic E-state index is -1.08. The molecule has 0 aromatic rings. The van der Waals surface area contributed by atoms with Crippen molar-refractivity contribution in [1.82, 2.24) is 0 Å². The van der Waals surface area contributed by atoms with Crippen molar-refractivity contribution < 1.29 is 33.7 Å². The number of aldehydes is 1. The number of ether oxygens (including phenoxy) is 3. The van der Waals surface area contributed by atoms with E-state index in [-0.39, 0.29) is 11.1 Å². The van der Waals surface area contributed by atoms with Gasteiger partial charge in [-0.15, -0.1) is 0 Å². The number of carbonyl (C=O) groups excluding carboxylic acids is 3. The second-order valence-corrected chi connectivity index (χ2v) is 7.08. The number of aliphatic hydroxyl groups is 1. The highest BCUT2D eigenvalue weighted by Crippen LogP contribution is 2.45. The van der Waals surface area contributed by atoms with E-state index in [1.54, 1.807) is 0 Å². The zero-order valence-corrected chi connectivity index (χ0v) is 14.6. The third-order valence-electron chi connectivity index (χ3n) is 5.17. The van der Waals surface area contributed by atoms with Crippen LogP contribution in [0.25, 0.3) is 0 Å². The van der Waals surface area contributed by atoms with Gasteiger partial charge in [-0.25, -0.2) is 9.59 Å². The van der Waals surface area contributed by atoms with Gasteiger partial charge < -0.3 is 19.3 Å². The fourth-order valence-electron chi connectivity index (χ4n) is 3.53. The molecule has 0 bridgehead atoms. The van der Waals surface area contributed by atoms with Crippen LogP contribution < -0.4 is 0 Å². The molecule has 1 aliphatic carbocycles. The first-order chi connectivity index (χ1) is 12.3. The average molecular weight is 362 g/mol. The van der Waals surface area contributed by atoms with Crippen LogP contribution in [-0.2, 0) is 28.6 Å². The van der Waals surface area contributed by atoms with Gasteiger partial charge in [0.2, 0.25) is 0 Å². The predicted octanol–water partition coefficient (Wildman–Crippen LogP) is 1.01. The number of allylic oxidation sites excluding steroid dienone is 1. The highest BCUT2D eigenvalue weighted by molar-refractivity contribution is 5.92. The second kappa shape index (κ2) is 6.81. The van der Waals surface area contributed by atoms with E-state index < -0.39 is 41.8 Å². The predicted molar refractivity (Wildman–Crippen MR) is 89.9 cm³/mol. The Balaban J connectivity index is 2.03. The van der Waals surface area contributed by atoms with Crippen molar-refractivity contribution in [3.63, 3.8) is 0 Å². The summed E-state index contributed by atoms with van der Waals surface area (Å²) in [6, 6.07) is 0. The maximum absolute atomic E-state index is 12.1. The molecule has 0 aromatic carbocycles. The molecule has 7 heteroatoms. The van der Waals surface area contributed by atoms with Crippen LogP contribution in [0.15, 0.2) is 36.0 Å². The summed E-state index contributed by atoms with van der Waals surface area (Å²) in [5.74, 6) is -2.13. The number of hydrogen-bond donors (Lipinski definition) is 1. The Hall–Kier alpha value is -2.25. The molecule has 1 N–H and O–H groups in total. The van der Waals surface area contributed by atoms with E-state index in [1.807, 2.05) is 0 Å². The first kappa shape index (κ1) is 18.5. The van der Waals surface area contributed by atoms with Crippen molar-refractivity contribution >= 4 is 18.2 Å². The van der Waals surface area contributed by atoms with E-state index in [4.69, 9.17) is 14.2 Å². The fraction of sp³-hybridized carbons (Fsp3) is 0.526. The normalized spacial score (nSPS) is 36.6. The molecule has 140 valence electrons. The monoisotopic (exact) mass is 362 g/mol. The van der Waals surface area contributed by atoms with Crippen molar-refractivity contribution in [2.24, 2.45) is 5.92 Å². The maximum Gasteiger partial charge on any atom is 0.334 e. The molecule has 5 atom stereocenters. The molecule has 26 heavy (non-hydrogen) atoms. The molecule has 0 aromatic heterocycles. The summed E-state index contributed by atoms with van der Waals surface area (Å²) < 4.78 is 16.3. The van der Waals surface area contributed by atoms with Gasteiger partial charge in [0.15, 0.2) is 0 Å². The topological polar surface area (TPSA) is 102 Å². The van der Waals surface area contributed by atoms with Gasteiger partial charge in [0.1, 0.15) is 30.2 Å². The molecule has 3 aliphatic rings. The van der Waals surface area contributed by atoms with Gasteiger partial charge in [0.05, 0.1) is 12.5 Å². The van der Waals surface area contributed by atoms with Crippen molar-refractivity contribution in [1.29, 1.82) is 0 Å². The zero-order valence-electron chi connectivity index (χ0n) is 14.6. The van der Waals surface area contributed by atoms with E-state index in [0.717, 1.165) is 0 Å². The Morgan fingerprint density at radius 1 is 1.50 bits per heavy atom. The molecule has 5 unspecified atom stereocenters. The first-order valence-corrected chi connectivity index (χ1v) is 8.53. The van der Waals surface area contributed by atoms with Gasteiger partial charge >= 0.3 is 11.9 Å². The Bertz CT molecular complexity index is 701. The molecule has 0 radical (unpaired) electrons. The Morgan fingerprint density at radius 3 is 2.77 bits per heavy atom. The van der Waals surface area contributed by atoms with Crippen LogP contribution in [0.3, 0.4) is 0 Å². The number of hydrogen-bond acceptors (Lipinski definition) is 7. The smallest absolute Gasteiger partial charge is 0.334 e. The summed E-state index contributed by atoms with van der Waals surface area (Å²) in [5, 5.41) is 10.8. The second-order valence-electron chi connectivity index (χ2n) is 7.08. The number of esters is 2. The Kier molecular flexibility index (Phi) is 4.86. The number of fused-ring (bicyclic) bond motifs is 1. The lowest BCUT2D eigenvalue weighted by Crippen LogP contribution is -2.47. The summed E-state index contributed by atoms with van der Waals surface area (Å²) in [5.41, 5.74) is -0.0886. The van der Waals surface area contributed by atoms with Crippen LogP contribution in [0.2, 0.25) is 0 Å². The summed E-state index contributed by atoms with van der Waals surface area (Å²) in [4.78, 5) is 35.6. The lowest BCUT2D eigenvalue weighted by atomic mass is 9.80. The fourth-order valence-corrected chi connectivity index (χ4v) is 3.53. The lowest BCUT2D eigenvalue weighted by Gasteiger charge is -2.31. The van der Waals surface area contributed by atoms with Gasteiger partial charge in [-0.3, -0.25) is 4.79 Å². The minimum absolute atomic E-state index is 0.0893. The van der Waals surface area contributed by atoms with Gasteiger partial charge in [-0.2, -0.15) is 0 Å². The summed E-state index contributed by atoms with van der Waals surface area (Å²) >= 11 is 0. The number of rotatable bonds is 3. The highest BCUT2D eigenvalue weighted by atomic mass is 16.6. The van der Waals surface area contributed by atoms with Crippen LogP contribution in [0.1, 0.15) is 26.2 Å². The SMILES string of the molecule is C=C(C)C(=O)OC1C=C(C=O)CCCC2(CO2)C(O)C2OC(=O)C(=C)C12. The van der Waals surface area contributed by atoms with Crippen LogP contribution in [0.5, 0.6) is 0 Å². The van der Waals surface area contributed by atoms with Crippen LogP contribution in [-0.4, -0.2) is 53.9 Å². The third kappa shape index (κ3) is 3.24. The van der Waals surface area contributed by atoms with E-state index in [9.17, 15) is 19.5 Å². The molecular weight excluding hydrogens is 340 g/mol. The number of aliphatic hydroxyl groups excluding tert-OH is 1. The molecule has 2 saturated heterocycles. The maximum atomic E-state index is 12.1. The average Bonchev–Trinajstić information content (AvgIpc) is 3.32. The molecule has 0 saturated carbocycles. The van der Waals surface area contributed by atoms with Crippen molar-refractivity contribution in [3.05, 3.63) is 36.0 Å². The minimum Gasteiger partial charge on any atom is -0.455 e. The zero-order chi connectivity index (χ0) is 19.1. The summed E-state index contributed by atoms with van der Waals surface area (Å²) in [6.45, 7) is 9.13. The molecule has 2 heterocycles. The first-order valence-electron chi connectivity index (χ1n) is 8.53. The Morgan fingerprint density at radius 2 is 2.19 bits per heavy atom. The van der Waals surface area contributed by atoms with Gasteiger partial charge in [0, 0.05) is 11.1 Å². The van der Waals surface area contributed by atoms with Crippen molar-refractivity contribution in [3.8, 4) is 0 Å². The van der Waals surface area contributed by atoms with Gasteiger partial charge in [-0.1, -0.05) is 13.2 Å². The molecule has 2 aliphatic heterocycles. The lowest BCUT2D eigenvalue weighted by molar-refractivity contribution is -0.152. The Labute approximate surface area is 151 Å². The van der Waals surface area contributed by atoms with Crippen LogP contribution in [0, 0.1) is 5.92 Å². The third-order valence-corrected chi connectivity index (χ3v) is 5.17. The molecule has 3 rings (SSSR count). The summed E-state index contributed by atoms with van der Waals surface area (Å²) in [7, 11) is 0.